The fourth-order valence-corrected chi connectivity index (χ4v) is 4.74. The van der Waals surface area contributed by atoms with Crippen molar-refractivity contribution in [3.05, 3.63) is 53.7 Å². The van der Waals surface area contributed by atoms with E-state index >= 15 is 0 Å². The van der Waals surface area contributed by atoms with Crippen molar-refractivity contribution in [2.24, 2.45) is 0 Å². The molecule has 2 aliphatic rings. The van der Waals surface area contributed by atoms with Gasteiger partial charge in [0.25, 0.3) is 0 Å². The molecule has 3 heterocycles. The highest BCUT2D eigenvalue weighted by atomic mass is 32.2. The SMILES string of the molecule is O=S(=O)(C1=CC=C(OC(F)(F)F)C=CC1)N1CCN(c2cnc3cncnc3n2)CC1. The van der Waals surface area contributed by atoms with E-state index in [1.165, 1.54) is 16.7 Å². The molecule has 1 aliphatic heterocycles. The summed E-state index contributed by atoms with van der Waals surface area (Å²) in [6.45, 7) is 1.16. The highest BCUT2D eigenvalue weighted by Gasteiger charge is 2.33. The van der Waals surface area contributed by atoms with Crippen molar-refractivity contribution in [3.8, 4) is 0 Å². The zero-order valence-electron chi connectivity index (χ0n) is 16.0. The van der Waals surface area contributed by atoms with Gasteiger partial charge in [-0.1, -0.05) is 6.08 Å². The Hall–Kier alpha value is -3.06. The molecule has 0 unspecified atom stereocenters. The largest absolute Gasteiger partial charge is 0.573 e. The third kappa shape index (κ3) is 4.82. The Labute approximate surface area is 175 Å². The van der Waals surface area contributed by atoms with Crippen LogP contribution in [0.4, 0.5) is 19.0 Å². The third-order valence-corrected chi connectivity index (χ3v) is 6.72. The summed E-state index contributed by atoms with van der Waals surface area (Å²) in [6, 6.07) is 0. The Kier molecular flexibility index (Phi) is 5.62. The number of allylic oxidation sites excluding steroid dienone is 5. The van der Waals surface area contributed by atoms with Crippen LogP contribution in [0.15, 0.2) is 53.7 Å². The maximum atomic E-state index is 13.0. The molecule has 0 radical (unpaired) electrons. The average molecular weight is 454 g/mol. The van der Waals surface area contributed by atoms with Crippen molar-refractivity contribution in [2.75, 3.05) is 31.1 Å². The van der Waals surface area contributed by atoms with Crippen LogP contribution in [0.1, 0.15) is 6.42 Å². The molecule has 9 nitrogen and oxygen atoms in total. The average Bonchev–Trinajstić information content (AvgIpc) is 2.98. The molecule has 0 amide bonds. The maximum absolute atomic E-state index is 13.0. The number of hydrogen-bond donors (Lipinski definition) is 0. The van der Waals surface area contributed by atoms with Gasteiger partial charge >= 0.3 is 6.36 Å². The second-order valence-electron chi connectivity index (χ2n) is 6.71. The number of hydrogen-bond acceptors (Lipinski definition) is 8. The van der Waals surface area contributed by atoms with Gasteiger partial charge in [0.05, 0.1) is 17.3 Å². The number of piperazine rings is 1. The monoisotopic (exact) mass is 454 g/mol. The minimum Gasteiger partial charge on any atom is -0.406 e. The highest BCUT2D eigenvalue weighted by molar-refractivity contribution is 7.93. The number of alkyl halides is 3. The summed E-state index contributed by atoms with van der Waals surface area (Å²) in [7, 11) is -3.84. The predicted octanol–water partition coefficient (Wildman–Crippen LogP) is 2.14. The summed E-state index contributed by atoms with van der Waals surface area (Å²) in [5, 5.41) is 0. The smallest absolute Gasteiger partial charge is 0.406 e. The van der Waals surface area contributed by atoms with Crippen molar-refractivity contribution in [3.63, 3.8) is 0 Å². The molecule has 0 bridgehead atoms. The molecule has 31 heavy (non-hydrogen) atoms. The van der Waals surface area contributed by atoms with Gasteiger partial charge in [0.1, 0.15) is 23.4 Å². The summed E-state index contributed by atoms with van der Waals surface area (Å²) in [5.41, 5.74) is 1.00. The van der Waals surface area contributed by atoms with E-state index in [-0.39, 0.29) is 24.4 Å². The Morgan fingerprint density at radius 2 is 1.81 bits per heavy atom. The van der Waals surface area contributed by atoms with Crippen LogP contribution in [0.2, 0.25) is 0 Å². The van der Waals surface area contributed by atoms with Crippen molar-refractivity contribution in [2.45, 2.75) is 12.8 Å². The second kappa shape index (κ2) is 8.23. The zero-order chi connectivity index (χ0) is 22.1. The fourth-order valence-electron chi connectivity index (χ4n) is 3.22. The van der Waals surface area contributed by atoms with Gasteiger partial charge in [-0.05, 0) is 18.2 Å². The summed E-state index contributed by atoms with van der Waals surface area (Å²) >= 11 is 0. The van der Waals surface area contributed by atoms with Crippen LogP contribution in [0.25, 0.3) is 11.2 Å². The van der Waals surface area contributed by atoms with Crippen LogP contribution in [0.5, 0.6) is 0 Å². The van der Waals surface area contributed by atoms with Crippen LogP contribution in [0.3, 0.4) is 0 Å². The Morgan fingerprint density at radius 3 is 2.55 bits per heavy atom. The van der Waals surface area contributed by atoms with Crippen LogP contribution in [-0.4, -0.2) is 65.2 Å². The molecular formula is C18H17F3N6O3S. The molecule has 0 saturated carbocycles. The molecule has 0 atom stereocenters. The van der Waals surface area contributed by atoms with E-state index in [1.54, 1.807) is 12.4 Å². The number of nitrogens with zero attached hydrogens (tertiary/aromatic N) is 6. The van der Waals surface area contributed by atoms with Crippen LogP contribution in [0, 0.1) is 0 Å². The van der Waals surface area contributed by atoms with Gasteiger partial charge in [0.15, 0.2) is 5.65 Å². The van der Waals surface area contributed by atoms with Gasteiger partial charge in [-0.25, -0.2) is 28.4 Å². The quantitative estimate of drug-likeness (QED) is 0.693. The third-order valence-electron chi connectivity index (χ3n) is 4.71. The first-order chi connectivity index (χ1) is 14.7. The number of anilines is 1. The molecule has 2 aromatic rings. The highest BCUT2D eigenvalue weighted by Crippen LogP contribution is 2.26. The van der Waals surface area contributed by atoms with Gasteiger partial charge in [-0.2, -0.15) is 4.31 Å². The van der Waals surface area contributed by atoms with E-state index < -0.39 is 22.1 Å². The lowest BCUT2D eigenvalue weighted by molar-refractivity contribution is -0.303. The predicted molar refractivity (Wildman–Crippen MR) is 105 cm³/mol. The molecular weight excluding hydrogens is 437 g/mol. The summed E-state index contributed by atoms with van der Waals surface area (Å²) in [6.07, 6.45) is 4.23. The van der Waals surface area contributed by atoms with E-state index in [4.69, 9.17) is 0 Å². The van der Waals surface area contributed by atoms with Gasteiger partial charge in [-0.15, -0.1) is 13.2 Å². The first kappa shape index (κ1) is 21.2. The lowest BCUT2D eigenvalue weighted by atomic mass is 10.3. The fraction of sp³-hybridized carbons (Fsp3) is 0.333. The first-order valence-corrected chi connectivity index (χ1v) is 10.7. The van der Waals surface area contributed by atoms with Gasteiger partial charge in [-0.3, -0.25) is 0 Å². The van der Waals surface area contributed by atoms with Crippen molar-refractivity contribution in [1.29, 1.82) is 0 Å². The number of fused-ring (bicyclic) bond motifs is 1. The summed E-state index contributed by atoms with van der Waals surface area (Å²) < 4.78 is 68.3. The van der Waals surface area contributed by atoms with E-state index in [2.05, 4.69) is 24.7 Å². The number of sulfonamides is 1. The molecule has 0 N–H and O–H groups in total. The van der Waals surface area contributed by atoms with E-state index in [9.17, 15) is 21.6 Å². The molecule has 4 rings (SSSR count). The topological polar surface area (TPSA) is 101 Å². The standard InChI is InChI=1S/C18H17F3N6O3S/c19-18(20,21)30-13-2-1-3-14(5-4-13)31(28,29)27-8-6-26(7-9-27)16-11-23-15-10-22-12-24-17(15)25-16/h1-2,4-5,10-12H,3,6-9H2. The molecule has 1 aliphatic carbocycles. The minimum absolute atomic E-state index is 0.000159. The molecule has 13 heteroatoms. The second-order valence-corrected chi connectivity index (χ2v) is 8.70. The number of aromatic nitrogens is 4. The lowest BCUT2D eigenvalue weighted by Gasteiger charge is -2.34. The van der Waals surface area contributed by atoms with Crippen LogP contribution >= 0.6 is 0 Å². The summed E-state index contributed by atoms with van der Waals surface area (Å²) in [5.74, 6) is 0.109. The number of ether oxygens (including phenoxy) is 1. The Morgan fingerprint density at radius 1 is 1.03 bits per heavy atom. The van der Waals surface area contributed by atoms with Gasteiger partial charge < -0.3 is 9.64 Å². The number of rotatable bonds is 4. The maximum Gasteiger partial charge on any atom is 0.573 e. The van der Waals surface area contributed by atoms with E-state index in [0.29, 0.717) is 30.1 Å². The van der Waals surface area contributed by atoms with Crippen molar-refractivity contribution in [1.82, 2.24) is 24.2 Å². The Bertz CT molecular complexity index is 1170. The molecule has 1 fully saturated rings. The van der Waals surface area contributed by atoms with Crippen LogP contribution < -0.4 is 4.90 Å². The van der Waals surface area contributed by atoms with E-state index in [1.807, 2.05) is 4.90 Å². The lowest BCUT2D eigenvalue weighted by Crippen LogP contribution is -2.49. The molecule has 0 aromatic carbocycles. The number of halogens is 3. The van der Waals surface area contributed by atoms with Gasteiger partial charge in [0.2, 0.25) is 10.0 Å². The molecule has 164 valence electrons. The van der Waals surface area contributed by atoms with E-state index in [0.717, 1.165) is 18.2 Å². The van der Waals surface area contributed by atoms with Crippen LogP contribution in [-0.2, 0) is 14.8 Å². The van der Waals surface area contributed by atoms with Crippen molar-refractivity contribution >= 4 is 27.0 Å². The molecule has 2 aromatic heterocycles. The van der Waals surface area contributed by atoms with Gasteiger partial charge in [0, 0.05) is 32.6 Å². The normalized spacial score (nSPS) is 18.5. The minimum atomic E-state index is -4.85. The molecule has 0 spiro atoms. The first-order valence-electron chi connectivity index (χ1n) is 9.23. The summed E-state index contributed by atoms with van der Waals surface area (Å²) in [4.78, 5) is 18.6. The zero-order valence-corrected chi connectivity index (χ0v) is 16.8. The Balaban J connectivity index is 1.45. The van der Waals surface area contributed by atoms with Crippen molar-refractivity contribution < 1.29 is 26.3 Å². The molecule has 1 saturated heterocycles.